The van der Waals surface area contributed by atoms with Crippen LogP contribution in [0.5, 0.6) is 5.75 Å². The average molecular weight is 276 g/mol. The molecule has 1 saturated carbocycles. The second-order valence-corrected chi connectivity index (χ2v) is 6.03. The number of hydrogen-bond donors (Lipinski definition) is 2. The number of benzene rings is 1. The Bertz CT molecular complexity index is 603. The number of amides is 1. The lowest BCUT2D eigenvalue weighted by atomic mass is 9.89. The van der Waals surface area contributed by atoms with E-state index in [-0.39, 0.29) is 17.6 Å². The number of hydrogen-bond acceptors (Lipinski definition) is 4. The molecule has 0 radical (unpaired) electrons. The summed E-state index contributed by atoms with van der Waals surface area (Å²) in [5.74, 6) is 0.443. The van der Waals surface area contributed by atoms with Crippen LogP contribution in [-0.2, 0) is 4.79 Å². The van der Waals surface area contributed by atoms with Crippen molar-refractivity contribution in [2.45, 2.75) is 32.1 Å². The molecule has 0 aliphatic heterocycles. The minimum Gasteiger partial charge on any atom is -0.508 e. The van der Waals surface area contributed by atoms with E-state index in [9.17, 15) is 9.90 Å². The second-order valence-electron chi connectivity index (χ2n) is 5.00. The fraction of sp³-hybridized carbons (Fsp3) is 0.429. The van der Waals surface area contributed by atoms with Gasteiger partial charge in [-0.1, -0.05) is 30.6 Å². The number of nitrogens with one attached hydrogen (secondary N) is 1. The van der Waals surface area contributed by atoms with Crippen LogP contribution in [0.1, 0.15) is 32.1 Å². The number of phenolic OH excluding ortho intramolecular Hbond substituents is 1. The van der Waals surface area contributed by atoms with Crippen LogP contribution in [0.25, 0.3) is 10.2 Å². The van der Waals surface area contributed by atoms with Crippen molar-refractivity contribution in [2.24, 2.45) is 5.92 Å². The first-order valence-corrected chi connectivity index (χ1v) is 7.44. The number of aromatic nitrogens is 1. The topological polar surface area (TPSA) is 62.2 Å². The normalized spacial score (nSPS) is 16.6. The van der Waals surface area contributed by atoms with Gasteiger partial charge in [-0.3, -0.25) is 4.79 Å². The summed E-state index contributed by atoms with van der Waals surface area (Å²) in [7, 11) is 0. The zero-order valence-corrected chi connectivity index (χ0v) is 11.4. The van der Waals surface area contributed by atoms with E-state index in [0.29, 0.717) is 5.13 Å². The van der Waals surface area contributed by atoms with Gasteiger partial charge in [-0.15, -0.1) is 0 Å². The minimum atomic E-state index is 0.0861. The quantitative estimate of drug-likeness (QED) is 0.882. The van der Waals surface area contributed by atoms with Gasteiger partial charge in [0, 0.05) is 5.92 Å². The molecule has 2 N–H and O–H groups in total. The highest BCUT2D eigenvalue weighted by Gasteiger charge is 2.21. The SMILES string of the molecule is O=C(Nc1nc2ccc(O)cc2s1)C1CCCCC1. The van der Waals surface area contributed by atoms with Crippen molar-refractivity contribution in [1.82, 2.24) is 4.98 Å². The van der Waals surface area contributed by atoms with Crippen LogP contribution < -0.4 is 5.32 Å². The number of thiazole rings is 1. The van der Waals surface area contributed by atoms with E-state index in [0.717, 1.165) is 35.9 Å². The maximum Gasteiger partial charge on any atom is 0.229 e. The van der Waals surface area contributed by atoms with Gasteiger partial charge >= 0.3 is 0 Å². The molecule has 1 aromatic carbocycles. The molecular formula is C14H16N2O2S. The van der Waals surface area contributed by atoms with E-state index in [1.165, 1.54) is 17.8 Å². The van der Waals surface area contributed by atoms with Crippen molar-refractivity contribution in [3.63, 3.8) is 0 Å². The number of phenols is 1. The molecule has 1 aromatic heterocycles. The minimum absolute atomic E-state index is 0.0861. The van der Waals surface area contributed by atoms with Crippen molar-refractivity contribution in [3.8, 4) is 5.75 Å². The molecule has 1 aliphatic rings. The number of aromatic hydroxyl groups is 1. The van der Waals surface area contributed by atoms with Crippen molar-refractivity contribution in [1.29, 1.82) is 0 Å². The van der Waals surface area contributed by atoms with Crippen molar-refractivity contribution < 1.29 is 9.90 Å². The Morgan fingerprint density at radius 3 is 2.89 bits per heavy atom. The third-order valence-corrected chi connectivity index (χ3v) is 4.51. The van der Waals surface area contributed by atoms with Crippen molar-refractivity contribution in [3.05, 3.63) is 18.2 Å². The number of anilines is 1. The summed E-state index contributed by atoms with van der Waals surface area (Å²) in [6, 6.07) is 5.04. The molecule has 4 nitrogen and oxygen atoms in total. The molecule has 100 valence electrons. The molecule has 1 fully saturated rings. The maximum absolute atomic E-state index is 12.1. The molecule has 0 saturated heterocycles. The monoisotopic (exact) mass is 276 g/mol. The molecule has 0 bridgehead atoms. The molecule has 0 atom stereocenters. The van der Waals surface area contributed by atoms with Crippen LogP contribution in [-0.4, -0.2) is 16.0 Å². The summed E-state index contributed by atoms with van der Waals surface area (Å²) < 4.78 is 0.888. The van der Waals surface area contributed by atoms with Crippen LogP contribution in [0.4, 0.5) is 5.13 Å². The number of nitrogens with zero attached hydrogens (tertiary/aromatic N) is 1. The standard InChI is InChI=1S/C14H16N2O2S/c17-10-6-7-11-12(8-10)19-14(15-11)16-13(18)9-4-2-1-3-5-9/h6-9,17H,1-5H2,(H,15,16,18). The Morgan fingerprint density at radius 2 is 2.11 bits per heavy atom. The number of carbonyl (C=O) groups is 1. The van der Waals surface area contributed by atoms with Gasteiger partial charge in [0.2, 0.25) is 5.91 Å². The third kappa shape index (κ3) is 2.71. The zero-order chi connectivity index (χ0) is 13.2. The van der Waals surface area contributed by atoms with E-state index < -0.39 is 0 Å². The third-order valence-electron chi connectivity index (χ3n) is 3.58. The Morgan fingerprint density at radius 1 is 1.32 bits per heavy atom. The summed E-state index contributed by atoms with van der Waals surface area (Å²) in [6.45, 7) is 0. The van der Waals surface area contributed by atoms with E-state index in [1.807, 2.05) is 0 Å². The maximum atomic E-state index is 12.1. The number of carbonyl (C=O) groups excluding carboxylic acids is 1. The predicted molar refractivity (Wildman–Crippen MR) is 76.5 cm³/mol. The molecule has 2 aromatic rings. The van der Waals surface area contributed by atoms with Crippen molar-refractivity contribution in [2.75, 3.05) is 5.32 Å². The summed E-state index contributed by atoms with van der Waals surface area (Å²) >= 11 is 1.40. The highest BCUT2D eigenvalue weighted by molar-refractivity contribution is 7.22. The van der Waals surface area contributed by atoms with Gasteiger partial charge in [-0.05, 0) is 31.0 Å². The van der Waals surface area contributed by atoms with Crippen LogP contribution in [0.2, 0.25) is 0 Å². The fourth-order valence-electron chi connectivity index (χ4n) is 2.54. The van der Waals surface area contributed by atoms with Gasteiger partial charge in [0.1, 0.15) is 5.75 Å². The zero-order valence-electron chi connectivity index (χ0n) is 10.6. The first kappa shape index (κ1) is 12.4. The number of rotatable bonds is 2. The van der Waals surface area contributed by atoms with E-state index in [4.69, 9.17) is 0 Å². The molecule has 0 unspecified atom stereocenters. The predicted octanol–water partition coefficient (Wildman–Crippen LogP) is 3.52. The first-order chi connectivity index (χ1) is 9.22. The lowest BCUT2D eigenvalue weighted by molar-refractivity contribution is -0.120. The molecule has 1 aliphatic carbocycles. The average Bonchev–Trinajstić information content (AvgIpc) is 2.81. The summed E-state index contributed by atoms with van der Waals surface area (Å²) in [5.41, 5.74) is 0.807. The van der Waals surface area contributed by atoms with Gasteiger partial charge in [0.25, 0.3) is 0 Å². The molecule has 3 rings (SSSR count). The lowest BCUT2D eigenvalue weighted by Crippen LogP contribution is -2.24. The molecular weight excluding hydrogens is 260 g/mol. The molecule has 0 spiro atoms. The summed E-state index contributed by atoms with van der Waals surface area (Å²) in [4.78, 5) is 16.5. The van der Waals surface area contributed by atoms with Crippen LogP contribution in [0.3, 0.4) is 0 Å². The van der Waals surface area contributed by atoms with Gasteiger partial charge in [-0.25, -0.2) is 4.98 Å². The largest absolute Gasteiger partial charge is 0.508 e. The Kier molecular flexibility index (Phi) is 3.38. The highest BCUT2D eigenvalue weighted by Crippen LogP contribution is 2.30. The Labute approximate surface area is 115 Å². The molecule has 19 heavy (non-hydrogen) atoms. The van der Waals surface area contributed by atoms with Crippen LogP contribution >= 0.6 is 11.3 Å². The lowest BCUT2D eigenvalue weighted by Gasteiger charge is -2.19. The second kappa shape index (κ2) is 5.17. The van der Waals surface area contributed by atoms with E-state index in [2.05, 4.69) is 10.3 Å². The van der Waals surface area contributed by atoms with Crippen molar-refractivity contribution >= 4 is 32.6 Å². The van der Waals surface area contributed by atoms with Gasteiger partial charge < -0.3 is 10.4 Å². The fourth-order valence-corrected chi connectivity index (χ4v) is 3.44. The van der Waals surface area contributed by atoms with E-state index >= 15 is 0 Å². The van der Waals surface area contributed by atoms with Gasteiger partial charge in [0.05, 0.1) is 10.2 Å². The Hall–Kier alpha value is -1.62. The van der Waals surface area contributed by atoms with Crippen LogP contribution in [0, 0.1) is 5.92 Å². The number of fused-ring (bicyclic) bond motifs is 1. The van der Waals surface area contributed by atoms with Gasteiger partial charge in [0.15, 0.2) is 5.13 Å². The van der Waals surface area contributed by atoms with E-state index in [1.54, 1.807) is 18.2 Å². The molecule has 1 amide bonds. The molecule has 5 heteroatoms. The Balaban J connectivity index is 1.75. The first-order valence-electron chi connectivity index (χ1n) is 6.63. The molecule has 1 heterocycles. The smallest absolute Gasteiger partial charge is 0.229 e. The van der Waals surface area contributed by atoms with Gasteiger partial charge in [-0.2, -0.15) is 0 Å². The van der Waals surface area contributed by atoms with Crippen LogP contribution in [0.15, 0.2) is 18.2 Å². The highest BCUT2D eigenvalue weighted by atomic mass is 32.1. The summed E-state index contributed by atoms with van der Waals surface area (Å²) in [5, 5.41) is 12.9. The summed E-state index contributed by atoms with van der Waals surface area (Å²) in [6.07, 6.45) is 5.50.